The lowest BCUT2D eigenvalue weighted by atomic mass is 10.3. The zero-order valence-corrected chi connectivity index (χ0v) is 16.0. The number of hydrogen-bond donors (Lipinski definition) is 0. The number of aryl methyl sites for hydroxylation is 1. The van der Waals surface area contributed by atoms with E-state index in [0.29, 0.717) is 29.4 Å². The minimum atomic E-state index is -3.53. The third kappa shape index (κ3) is 3.49. The van der Waals surface area contributed by atoms with Crippen molar-refractivity contribution in [3.8, 4) is 5.69 Å². The first-order chi connectivity index (χ1) is 11.9. The molecule has 2 aromatic rings. The number of benzene rings is 1. The van der Waals surface area contributed by atoms with Crippen LogP contribution in [0.1, 0.15) is 24.7 Å². The van der Waals surface area contributed by atoms with Gasteiger partial charge in [-0.1, -0.05) is 25.1 Å². The van der Waals surface area contributed by atoms with Gasteiger partial charge in [0.1, 0.15) is 4.90 Å². The highest BCUT2D eigenvalue weighted by Gasteiger charge is 2.33. The number of rotatable bonds is 5. The summed E-state index contributed by atoms with van der Waals surface area (Å²) in [7, 11) is -3.53. The molecule has 0 unspecified atom stereocenters. The molecule has 0 spiro atoms. The summed E-state index contributed by atoms with van der Waals surface area (Å²) in [6, 6.07) is 9.64. The molecule has 0 radical (unpaired) electrons. The van der Waals surface area contributed by atoms with Gasteiger partial charge < -0.3 is 4.90 Å². The van der Waals surface area contributed by atoms with Crippen LogP contribution in [0.2, 0.25) is 0 Å². The van der Waals surface area contributed by atoms with Gasteiger partial charge in [0, 0.05) is 26.2 Å². The predicted molar refractivity (Wildman–Crippen MR) is 98.5 cm³/mol. The minimum Gasteiger partial charge on any atom is -0.301 e. The van der Waals surface area contributed by atoms with Crippen LogP contribution in [0.15, 0.2) is 35.2 Å². The Morgan fingerprint density at radius 3 is 2.28 bits per heavy atom. The molecule has 1 fully saturated rings. The third-order valence-electron chi connectivity index (χ3n) is 4.69. The van der Waals surface area contributed by atoms with E-state index in [0.717, 1.165) is 31.7 Å². The second-order valence-corrected chi connectivity index (χ2v) is 8.37. The highest BCUT2D eigenvalue weighted by atomic mass is 32.2. The Bertz CT molecular complexity index is 822. The lowest BCUT2D eigenvalue weighted by Gasteiger charge is -2.33. The molecule has 0 atom stereocenters. The van der Waals surface area contributed by atoms with Crippen LogP contribution >= 0.6 is 0 Å². The minimum absolute atomic E-state index is 0.347. The Morgan fingerprint density at radius 1 is 1.04 bits per heavy atom. The van der Waals surface area contributed by atoms with Gasteiger partial charge in [0.2, 0.25) is 10.0 Å². The molecule has 0 bridgehead atoms. The Labute approximate surface area is 150 Å². The molecule has 136 valence electrons. The van der Waals surface area contributed by atoms with Gasteiger partial charge in [-0.05, 0) is 38.9 Å². The summed E-state index contributed by atoms with van der Waals surface area (Å²) in [4.78, 5) is 2.67. The van der Waals surface area contributed by atoms with E-state index >= 15 is 0 Å². The number of aromatic nitrogens is 2. The summed E-state index contributed by atoms with van der Waals surface area (Å²) in [5.41, 5.74) is 2.09. The van der Waals surface area contributed by atoms with Crippen LogP contribution in [-0.2, 0) is 10.0 Å². The van der Waals surface area contributed by atoms with E-state index in [1.54, 1.807) is 15.9 Å². The first kappa shape index (κ1) is 18.1. The van der Waals surface area contributed by atoms with Crippen molar-refractivity contribution in [2.24, 2.45) is 0 Å². The fourth-order valence-corrected chi connectivity index (χ4v) is 5.24. The molecule has 0 aliphatic carbocycles. The molecule has 3 rings (SSSR count). The first-order valence-electron chi connectivity index (χ1n) is 8.79. The SMILES string of the molecule is CCCN1CCN(S(=O)(=O)c2c(C)nn(-c3ccccc3)c2C)CC1. The number of sulfonamides is 1. The molecule has 1 aliphatic rings. The van der Waals surface area contributed by atoms with Crippen molar-refractivity contribution < 1.29 is 8.42 Å². The zero-order valence-electron chi connectivity index (χ0n) is 15.1. The number of nitrogens with zero attached hydrogens (tertiary/aromatic N) is 4. The predicted octanol–water partition coefficient (Wildman–Crippen LogP) is 2.21. The van der Waals surface area contributed by atoms with Crippen LogP contribution in [0.4, 0.5) is 0 Å². The molecular formula is C18H26N4O2S. The highest BCUT2D eigenvalue weighted by Crippen LogP contribution is 2.26. The molecule has 2 heterocycles. The van der Waals surface area contributed by atoms with Crippen molar-refractivity contribution in [2.45, 2.75) is 32.1 Å². The van der Waals surface area contributed by atoms with E-state index in [1.165, 1.54) is 0 Å². The van der Waals surface area contributed by atoms with Crippen LogP contribution in [0.5, 0.6) is 0 Å². The Balaban J connectivity index is 1.90. The second-order valence-electron chi connectivity index (χ2n) is 6.49. The lowest BCUT2D eigenvalue weighted by molar-refractivity contribution is 0.188. The van der Waals surface area contributed by atoms with Gasteiger partial charge in [-0.3, -0.25) is 0 Å². The number of piperazine rings is 1. The van der Waals surface area contributed by atoms with Crippen LogP contribution in [0, 0.1) is 13.8 Å². The third-order valence-corrected chi connectivity index (χ3v) is 6.85. The van der Waals surface area contributed by atoms with E-state index in [1.807, 2.05) is 37.3 Å². The first-order valence-corrected chi connectivity index (χ1v) is 10.2. The second kappa shape index (κ2) is 7.27. The van der Waals surface area contributed by atoms with Crippen molar-refractivity contribution in [3.63, 3.8) is 0 Å². The Hall–Kier alpha value is -1.70. The van der Waals surface area contributed by atoms with Crippen molar-refractivity contribution in [3.05, 3.63) is 41.7 Å². The van der Waals surface area contributed by atoms with Gasteiger partial charge in [0.15, 0.2) is 0 Å². The van der Waals surface area contributed by atoms with E-state index in [9.17, 15) is 8.42 Å². The summed E-state index contributed by atoms with van der Waals surface area (Å²) >= 11 is 0. The fourth-order valence-electron chi connectivity index (χ4n) is 3.46. The summed E-state index contributed by atoms with van der Waals surface area (Å²) in [6.07, 6.45) is 1.09. The molecule has 1 aliphatic heterocycles. The number of para-hydroxylation sites is 1. The molecule has 1 aromatic heterocycles. The van der Waals surface area contributed by atoms with E-state index in [2.05, 4.69) is 16.9 Å². The molecular weight excluding hydrogens is 336 g/mol. The quantitative estimate of drug-likeness (QED) is 0.818. The average molecular weight is 362 g/mol. The normalized spacial score (nSPS) is 17.1. The van der Waals surface area contributed by atoms with Gasteiger partial charge >= 0.3 is 0 Å². The Kier molecular flexibility index (Phi) is 5.27. The van der Waals surface area contributed by atoms with Crippen LogP contribution in [0.3, 0.4) is 0 Å². The fraction of sp³-hybridized carbons (Fsp3) is 0.500. The van der Waals surface area contributed by atoms with Gasteiger partial charge in [-0.25, -0.2) is 13.1 Å². The maximum absolute atomic E-state index is 13.2. The summed E-state index contributed by atoms with van der Waals surface area (Å²) in [6.45, 7) is 9.43. The van der Waals surface area contributed by atoms with Crippen molar-refractivity contribution in [1.29, 1.82) is 0 Å². The van der Waals surface area contributed by atoms with Crippen molar-refractivity contribution >= 4 is 10.0 Å². The highest BCUT2D eigenvalue weighted by molar-refractivity contribution is 7.89. The van der Waals surface area contributed by atoms with E-state index in [-0.39, 0.29) is 0 Å². The summed E-state index contributed by atoms with van der Waals surface area (Å²) < 4.78 is 29.7. The zero-order chi connectivity index (χ0) is 18.0. The van der Waals surface area contributed by atoms with E-state index < -0.39 is 10.0 Å². The summed E-state index contributed by atoms with van der Waals surface area (Å²) in [5, 5.41) is 4.49. The van der Waals surface area contributed by atoms with Gasteiger partial charge in [-0.2, -0.15) is 9.40 Å². The monoisotopic (exact) mass is 362 g/mol. The maximum atomic E-state index is 13.2. The van der Waals surface area contributed by atoms with Gasteiger partial charge in [-0.15, -0.1) is 0 Å². The van der Waals surface area contributed by atoms with Crippen LogP contribution in [0.25, 0.3) is 5.69 Å². The molecule has 0 amide bonds. The molecule has 7 heteroatoms. The topological polar surface area (TPSA) is 58.4 Å². The van der Waals surface area contributed by atoms with Crippen molar-refractivity contribution in [1.82, 2.24) is 19.0 Å². The molecule has 1 aromatic carbocycles. The molecule has 0 saturated carbocycles. The van der Waals surface area contributed by atoms with Crippen LogP contribution < -0.4 is 0 Å². The van der Waals surface area contributed by atoms with Gasteiger partial charge in [0.25, 0.3) is 0 Å². The standard InChI is InChI=1S/C18H26N4O2S/c1-4-10-20-11-13-21(14-12-20)25(23,24)18-15(2)19-22(16(18)3)17-8-6-5-7-9-17/h5-9H,4,10-14H2,1-3H3. The molecule has 0 N–H and O–H groups in total. The smallest absolute Gasteiger partial charge is 0.246 e. The number of hydrogen-bond acceptors (Lipinski definition) is 4. The largest absolute Gasteiger partial charge is 0.301 e. The van der Waals surface area contributed by atoms with Crippen molar-refractivity contribution in [2.75, 3.05) is 32.7 Å². The maximum Gasteiger partial charge on any atom is 0.246 e. The molecule has 1 saturated heterocycles. The average Bonchev–Trinajstić information content (AvgIpc) is 2.91. The van der Waals surface area contributed by atoms with E-state index in [4.69, 9.17) is 0 Å². The lowest BCUT2D eigenvalue weighted by Crippen LogP contribution is -2.48. The van der Waals surface area contributed by atoms with Gasteiger partial charge in [0.05, 0.1) is 17.1 Å². The molecule has 6 nitrogen and oxygen atoms in total. The summed E-state index contributed by atoms with van der Waals surface area (Å²) in [5.74, 6) is 0. The Morgan fingerprint density at radius 2 is 1.68 bits per heavy atom. The molecule has 25 heavy (non-hydrogen) atoms. The van der Waals surface area contributed by atoms with Crippen LogP contribution in [-0.4, -0.2) is 60.1 Å².